The van der Waals surface area contributed by atoms with Crippen LogP contribution in [0, 0.1) is 12.7 Å². The molecule has 4 aromatic rings. The van der Waals surface area contributed by atoms with Crippen LogP contribution in [0.5, 0.6) is 11.5 Å². The molecule has 0 saturated carbocycles. The maximum absolute atomic E-state index is 14.7. The van der Waals surface area contributed by atoms with Crippen molar-refractivity contribution < 1.29 is 13.9 Å². The number of nitrogens with zero attached hydrogens (tertiary/aromatic N) is 5. The number of aryl methyl sites for hydroxylation is 1. The van der Waals surface area contributed by atoms with Gasteiger partial charge in [0.15, 0.2) is 5.15 Å². The summed E-state index contributed by atoms with van der Waals surface area (Å²) in [6.45, 7) is 6.99. The summed E-state index contributed by atoms with van der Waals surface area (Å²) in [5, 5.41) is 8.43. The van der Waals surface area contributed by atoms with Crippen LogP contribution in [0.4, 0.5) is 10.1 Å². The van der Waals surface area contributed by atoms with E-state index >= 15 is 0 Å². The lowest BCUT2D eigenvalue weighted by Crippen LogP contribution is -2.30. The third-order valence-electron chi connectivity index (χ3n) is 6.67. The van der Waals surface area contributed by atoms with Crippen LogP contribution in [0.1, 0.15) is 37.6 Å². The highest BCUT2D eigenvalue weighted by Gasteiger charge is 2.31. The molecule has 1 atom stereocenters. The number of imidazole rings is 1. The van der Waals surface area contributed by atoms with Gasteiger partial charge in [-0.1, -0.05) is 29.8 Å². The van der Waals surface area contributed by atoms with Crippen molar-refractivity contribution in [2.24, 2.45) is 0 Å². The number of fused-ring (bicyclic) bond motifs is 1. The van der Waals surface area contributed by atoms with Gasteiger partial charge in [-0.15, -0.1) is 10.2 Å². The molecule has 1 fully saturated rings. The predicted octanol–water partition coefficient (Wildman–Crippen LogP) is 4.99. The van der Waals surface area contributed by atoms with Gasteiger partial charge in [0.05, 0.1) is 37.0 Å². The van der Waals surface area contributed by atoms with E-state index in [-0.39, 0.29) is 35.4 Å². The van der Waals surface area contributed by atoms with Gasteiger partial charge in [0, 0.05) is 19.2 Å². The fourth-order valence-corrected chi connectivity index (χ4v) is 5.28. The zero-order valence-electron chi connectivity index (χ0n) is 21.2. The first kappa shape index (κ1) is 25.1. The second-order valence-corrected chi connectivity index (χ2v) is 9.89. The number of hydrogen-bond acceptors (Lipinski definition) is 6. The van der Waals surface area contributed by atoms with Gasteiger partial charge in [0.1, 0.15) is 28.5 Å². The summed E-state index contributed by atoms with van der Waals surface area (Å²) in [6, 6.07) is 12.1. The third kappa shape index (κ3) is 4.64. The summed E-state index contributed by atoms with van der Waals surface area (Å²) < 4.78 is 29.7. The van der Waals surface area contributed by atoms with Crippen molar-refractivity contribution in [3.05, 3.63) is 75.2 Å². The zero-order chi connectivity index (χ0) is 26.3. The highest BCUT2D eigenvalue weighted by atomic mass is 35.5. The van der Waals surface area contributed by atoms with E-state index in [1.54, 1.807) is 28.4 Å². The molecule has 0 bridgehead atoms. The summed E-state index contributed by atoms with van der Waals surface area (Å²) in [5.74, 6) is 0.789. The Labute approximate surface area is 219 Å². The molecule has 0 N–H and O–H groups in total. The van der Waals surface area contributed by atoms with Gasteiger partial charge in [0.25, 0.3) is 0 Å². The molecule has 2 aromatic heterocycles. The predicted molar refractivity (Wildman–Crippen MR) is 142 cm³/mol. The molecule has 2 aromatic carbocycles. The molecule has 3 heterocycles. The number of para-hydroxylation sites is 2. The van der Waals surface area contributed by atoms with E-state index in [2.05, 4.69) is 10.2 Å². The Kier molecular flexibility index (Phi) is 6.81. The first-order valence-corrected chi connectivity index (χ1v) is 12.6. The Balaban J connectivity index is 1.59. The third-order valence-corrected chi connectivity index (χ3v) is 6.85. The standard InChI is InChI=1S/C27H29ClFN5O3/c1-16(2)37-23-13-24(28)31-30-20(23)15-33-26-21(9-6-10-22(26)36-4)34(27(33)35)18-11-12-32(14-18)25-17(3)7-5-8-19(25)29/h5-10,13,16,18H,11-12,14-15H2,1-4H3. The van der Waals surface area contributed by atoms with Crippen LogP contribution in [0.3, 0.4) is 0 Å². The molecular formula is C27H29ClFN5O3. The van der Waals surface area contributed by atoms with E-state index < -0.39 is 0 Å². The van der Waals surface area contributed by atoms with Crippen LogP contribution in [0.15, 0.2) is 47.3 Å². The molecule has 1 aliphatic rings. The fraction of sp³-hybridized carbons (Fsp3) is 0.370. The molecule has 5 rings (SSSR count). The zero-order valence-corrected chi connectivity index (χ0v) is 22.0. The number of methoxy groups -OCH3 is 1. The summed E-state index contributed by atoms with van der Waals surface area (Å²) in [7, 11) is 1.58. The van der Waals surface area contributed by atoms with Gasteiger partial charge in [-0.25, -0.2) is 9.18 Å². The van der Waals surface area contributed by atoms with Gasteiger partial charge in [-0.2, -0.15) is 0 Å². The summed E-state index contributed by atoms with van der Waals surface area (Å²) in [6.07, 6.45) is 0.588. The summed E-state index contributed by atoms with van der Waals surface area (Å²) >= 11 is 6.08. The quantitative estimate of drug-likeness (QED) is 0.338. The van der Waals surface area contributed by atoms with Gasteiger partial charge >= 0.3 is 5.69 Å². The number of anilines is 1. The molecule has 0 aliphatic carbocycles. The molecule has 37 heavy (non-hydrogen) atoms. The molecule has 8 nitrogen and oxygen atoms in total. The minimum absolute atomic E-state index is 0.113. The van der Waals surface area contributed by atoms with E-state index in [1.807, 2.05) is 49.9 Å². The summed E-state index contributed by atoms with van der Waals surface area (Å²) in [5.41, 5.74) is 3.14. The van der Waals surface area contributed by atoms with E-state index in [0.29, 0.717) is 47.9 Å². The van der Waals surface area contributed by atoms with Gasteiger partial charge in [-0.3, -0.25) is 9.13 Å². The summed E-state index contributed by atoms with van der Waals surface area (Å²) in [4.78, 5) is 16.0. The number of aromatic nitrogens is 4. The number of benzene rings is 2. The molecule has 194 valence electrons. The first-order valence-electron chi connectivity index (χ1n) is 12.2. The van der Waals surface area contributed by atoms with E-state index in [4.69, 9.17) is 21.1 Å². The van der Waals surface area contributed by atoms with Crippen LogP contribution in [0.25, 0.3) is 11.0 Å². The average molecular weight is 526 g/mol. The topological polar surface area (TPSA) is 74.4 Å². The second-order valence-electron chi connectivity index (χ2n) is 9.51. The van der Waals surface area contributed by atoms with E-state index in [9.17, 15) is 9.18 Å². The highest BCUT2D eigenvalue weighted by Crippen LogP contribution is 2.34. The van der Waals surface area contributed by atoms with Crippen molar-refractivity contribution in [1.82, 2.24) is 19.3 Å². The highest BCUT2D eigenvalue weighted by molar-refractivity contribution is 6.29. The van der Waals surface area contributed by atoms with Gasteiger partial charge in [0.2, 0.25) is 0 Å². The smallest absolute Gasteiger partial charge is 0.329 e. The Bertz CT molecular complexity index is 1500. The van der Waals surface area contributed by atoms with Gasteiger partial charge < -0.3 is 14.4 Å². The maximum atomic E-state index is 14.7. The van der Waals surface area contributed by atoms with Crippen molar-refractivity contribution >= 4 is 28.3 Å². The first-order chi connectivity index (χ1) is 17.8. The molecule has 0 spiro atoms. The van der Waals surface area contributed by atoms with Crippen LogP contribution < -0.4 is 20.1 Å². The normalized spacial score (nSPS) is 15.6. The van der Waals surface area contributed by atoms with Crippen molar-refractivity contribution in [2.45, 2.75) is 45.9 Å². The largest absolute Gasteiger partial charge is 0.494 e. The Morgan fingerprint density at radius 1 is 1.16 bits per heavy atom. The molecule has 10 heteroatoms. The SMILES string of the molecule is COc1cccc2c1n(Cc1nnc(Cl)cc1OC(C)C)c(=O)n2C1CCN(c2c(C)cccc2F)C1. The van der Waals surface area contributed by atoms with Crippen molar-refractivity contribution in [3.63, 3.8) is 0 Å². The van der Waals surface area contributed by atoms with Crippen LogP contribution in [-0.2, 0) is 6.54 Å². The molecule has 1 unspecified atom stereocenters. The molecule has 0 radical (unpaired) electrons. The van der Waals surface area contributed by atoms with Crippen molar-refractivity contribution in [1.29, 1.82) is 0 Å². The van der Waals surface area contributed by atoms with Crippen LogP contribution in [-0.4, -0.2) is 45.6 Å². The fourth-order valence-electron chi connectivity index (χ4n) is 5.14. The van der Waals surface area contributed by atoms with Crippen molar-refractivity contribution in [3.8, 4) is 11.5 Å². The van der Waals surface area contributed by atoms with Crippen LogP contribution in [0.2, 0.25) is 5.15 Å². The number of hydrogen-bond donors (Lipinski definition) is 0. The monoisotopic (exact) mass is 525 g/mol. The lowest BCUT2D eigenvalue weighted by molar-refractivity contribution is 0.237. The number of halogens is 2. The van der Waals surface area contributed by atoms with Crippen molar-refractivity contribution in [2.75, 3.05) is 25.1 Å². The molecule has 0 amide bonds. The lowest BCUT2D eigenvalue weighted by atomic mass is 10.2. The average Bonchev–Trinajstić information content (AvgIpc) is 3.42. The van der Waals surface area contributed by atoms with Gasteiger partial charge in [-0.05, 0) is 51.0 Å². The molecule has 1 saturated heterocycles. The van der Waals surface area contributed by atoms with E-state index in [0.717, 1.165) is 11.1 Å². The Hall–Kier alpha value is -3.59. The Morgan fingerprint density at radius 3 is 2.68 bits per heavy atom. The lowest BCUT2D eigenvalue weighted by Gasteiger charge is -2.21. The van der Waals surface area contributed by atoms with Crippen LogP contribution >= 0.6 is 11.6 Å². The minimum atomic E-state index is -0.254. The molecular weight excluding hydrogens is 497 g/mol. The maximum Gasteiger partial charge on any atom is 0.329 e. The second kappa shape index (κ2) is 10.0. The Morgan fingerprint density at radius 2 is 1.95 bits per heavy atom. The molecule has 1 aliphatic heterocycles. The minimum Gasteiger partial charge on any atom is -0.494 e. The van der Waals surface area contributed by atoms with E-state index in [1.165, 1.54) is 6.07 Å². The number of ether oxygens (including phenoxy) is 2. The number of rotatable bonds is 7.